The molecule has 0 spiro atoms. The molecule has 2 unspecified atom stereocenters. The maximum absolute atomic E-state index is 7.53. The van der Waals surface area contributed by atoms with Crippen molar-refractivity contribution in [3.05, 3.63) is 142 Å². The van der Waals surface area contributed by atoms with Gasteiger partial charge < -0.3 is 4.74 Å². The molecule has 55 heavy (non-hydrogen) atoms. The Kier molecular flexibility index (Phi) is 16.6. The van der Waals surface area contributed by atoms with Crippen molar-refractivity contribution in [2.24, 2.45) is 11.8 Å². The van der Waals surface area contributed by atoms with Gasteiger partial charge in [-0.05, 0) is 145 Å². The standard InChI is InChI=1S/C54H74O/c1-5-9-11-13-15-43-21-29-49(30-22-43)53(51-37-33-47(34-38-51)45-25-17-41(7-3)18-26-45)55-54(50-31-23-44(24-32-50)16-14-12-10-6-2)52-39-35-48(36-40-52)46-27-19-42(8-4)20-28-46/h21-24,29-42,45-46,53-54H,5-20,25-28H2,1-4H3. The van der Waals surface area contributed by atoms with Crippen molar-refractivity contribution in [2.45, 2.75) is 180 Å². The first kappa shape index (κ1) is 41.5. The summed E-state index contributed by atoms with van der Waals surface area (Å²) in [7, 11) is 0. The molecule has 2 fully saturated rings. The van der Waals surface area contributed by atoms with Crippen LogP contribution in [0.4, 0.5) is 0 Å². The maximum Gasteiger partial charge on any atom is 0.109 e. The highest BCUT2D eigenvalue weighted by Crippen LogP contribution is 2.41. The Hall–Kier alpha value is -3.16. The number of hydrogen-bond acceptors (Lipinski definition) is 1. The molecular weight excluding hydrogens is 665 g/mol. The van der Waals surface area contributed by atoms with Crippen molar-refractivity contribution >= 4 is 0 Å². The van der Waals surface area contributed by atoms with Gasteiger partial charge in [-0.15, -0.1) is 0 Å². The van der Waals surface area contributed by atoms with Gasteiger partial charge in [-0.3, -0.25) is 0 Å². The number of benzene rings is 4. The molecule has 0 aromatic heterocycles. The van der Waals surface area contributed by atoms with Gasteiger partial charge in [-0.2, -0.15) is 0 Å². The van der Waals surface area contributed by atoms with Crippen LogP contribution >= 0.6 is 0 Å². The van der Waals surface area contributed by atoms with Crippen molar-refractivity contribution in [3.63, 3.8) is 0 Å². The first-order valence-corrected chi connectivity index (χ1v) is 23.1. The monoisotopic (exact) mass is 739 g/mol. The highest BCUT2D eigenvalue weighted by Gasteiger charge is 2.27. The lowest BCUT2D eigenvalue weighted by Crippen LogP contribution is -2.15. The first-order valence-electron chi connectivity index (χ1n) is 23.1. The fourth-order valence-corrected chi connectivity index (χ4v) is 9.76. The maximum atomic E-state index is 7.53. The van der Waals surface area contributed by atoms with E-state index in [-0.39, 0.29) is 12.2 Å². The van der Waals surface area contributed by atoms with E-state index in [0.717, 1.165) is 24.7 Å². The van der Waals surface area contributed by atoms with E-state index in [4.69, 9.17) is 4.74 Å². The molecule has 0 amide bonds. The summed E-state index contributed by atoms with van der Waals surface area (Å²) in [5.41, 5.74) is 10.9. The summed E-state index contributed by atoms with van der Waals surface area (Å²) in [4.78, 5) is 0. The van der Waals surface area contributed by atoms with Crippen LogP contribution in [-0.4, -0.2) is 0 Å². The van der Waals surface area contributed by atoms with Gasteiger partial charge in [-0.1, -0.05) is 176 Å². The summed E-state index contributed by atoms with van der Waals surface area (Å²) in [6.45, 7) is 9.31. The predicted molar refractivity (Wildman–Crippen MR) is 236 cm³/mol. The van der Waals surface area contributed by atoms with E-state index in [1.165, 1.54) is 160 Å². The van der Waals surface area contributed by atoms with Crippen molar-refractivity contribution in [1.82, 2.24) is 0 Å². The molecule has 2 saturated carbocycles. The molecule has 0 N–H and O–H groups in total. The molecule has 2 atom stereocenters. The molecule has 2 aliphatic carbocycles. The van der Waals surface area contributed by atoms with Gasteiger partial charge in [0.15, 0.2) is 0 Å². The summed E-state index contributed by atoms with van der Waals surface area (Å²) in [6, 6.07) is 38.1. The summed E-state index contributed by atoms with van der Waals surface area (Å²) in [6.07, 6.45) is 25.8. The largest absolute Gasteiger partial charge is 0.356 e. The van der Waals surface area contributed by atoms with Crippen LogP contribution in [0, 0.1) is 11.8 Å². The number of aryl methyl sites for hydroxylation is 2. The van der Waals surface area contributed by atoms with Crippen molar-refractivity contribution in [1.29, 1.82) is 0 Å². The second-order valence-corrected chi connectivity index (χ2v) is 17.6. The highest BCUT2D eigenvalue weighted by atomic mass is 16.5. The summed E-state index contributed by atoms with van der Waals surface area (Å²) in [5, 5.41) is 0. The van der Waals surface area contributed by atoms with Gasteiger partial charge in [-0.25, -0.2) is 0 Å². The van der Waals surface area contributed by atoms with E-state index < -0.39 is 0 Å². The third-order valence-corrected chi connectivity index (χ3v) is 13.7. The quantitative estimate of drug-likeness (QED) is 0.0821. The van der Waals surface area contributed by atoms with Crippen LogP contribution in [0.3, 0.4) is 0 Å². The van der Waals surface area contributed by atoms with E-state index in [9.17, 15) is 0 Å². The van der Waals surface area contributed by atoms with E-state index in [1.54, 1.807) is 0 Å². The molecule has 4 aromatic rings. The van der Waals surface area contributed by atoms with Crippen LogP contribution in [0.5, 0.6) is 0 Å². The van der Waals surface area contributed by atoms with Crippen LogP contribution in [0.15, 0.2) is 97.1 Å². The van der Waals surface area contributed by atoms with Gasteiger partial charge >= 0.3 is 0 Å². The number of unbranched alkanes of at least 4 members (excludes halogenated alkanes) is 6. The molecule has 0 heterocycles. The molecule has 0 aliphatic heterocycles. The summed E-state index contributed by atoms with van der Waals surface area (Å²) in [5.74, 6) is 3.21. The Balaban J connectivity index is 1.29. The Morgan fingerprint density at radius 1 is 0.400 bits per heavy atom. The predicted octanol–water partition coefficient (Wildman–Crippen LogP) is 16.2. The Labute approximate surface area is 337 Å². The van der Waals surface area contributed by atoms with Gasteiger partial charge in [0.25, 0.3) is 0 Å². The van der Waals surface area contributed by atoms with E-state index in [2.05, 4.69) is 125 Å². The zero-order chi connectivity index (χ0) is 38.2. The zero-order valence-electron chi connectivity index (χ0n) is 35.3. The molecule has 2 aliphatic rings. The normalized spacial score (nSPS) is 21.3. The molecule has 0 saturated heterocycles. The van der Waals surface area contributed by atoms with Gasteiger partial charge in [0, 0.05) is 0 Å². The average molecular weight is 739 g/mol. The molecule has 296 valence electrons. The van der Waals surface area contributed by atoms with Crippen molar-refractivity contribution in [3.8, 4) is 0 Å². The van der Waals surface area contributed by atoms with Crippen LogP contribution < -0.4 is 0 Å². The summed E-state index contributed by atoms with van der Waals surface area (Å²) < 4.78 is 7.53. The fraction of sp³-hybridized carbons (Fsp3) is 0.556. The molecular formula is C54H74O. The van der Waals surface area contributed by atoms with E-state index in [1.807, 2.05) is 0 Å². The van der Waals surface area contributed by atoms with Crippen molar-refractivity contribution < 1.29 is 4.74 Å². The van der Waals surface area contributed by atoms with E-state index in [0.29, 0.717) is 11.8 Å². The minimum atomic E-state index is -0.165. The Bertz CT molecular complexity index is 1490. The average Bonchev–Trinajstić information content (AvgIpc) is 3.25. The first-order chi connectivity index (χ1) is 27.1. The Morgan fingerprint density at radius 2 is 0.727 bits per heavy atom. The molecule has 4 aromatic carbocycles. The van der Waals surface area contributed by atoms with Crippen LogP contribution in [-0.2, 0) is 17.6 Å². The fourth-order valence-electron chi connectivity index (χ4n) is 9.76. The molecule has 1 nitrogen and oxygen atoms in total. The lowest BCUT2D eigenvalue weighted by Gasteiger charge is -2.30. The highest BCUT2D eigenvalue weighted by molar-refractivity contribution is 5.38. The second-order valence-electron chi connectivity index (χ2n) is 17.6. The lowest BCUT2D eigenvalue weighted by atomic mass is 9.77. The number of ether oxygens (including phenoxy) is 1. The topological polar surface area (TPSA) is 9.23 Å². The third kappa shape index (κ3) is 11.9. The lowest BCUT2D eigenvalue weighted by molar-refractivity contribution is 0.0308. The third-order valence-electron chi connectivity index (χ3n) is 13.7. The molecule has 0 radical (unpaired) electrons. The van der Waals surface area contributed by atoms with Crippen LogP contribution in [0.1, 0.15) is 212 Å². The molecule has 6 rings (SSSR count). The van der Waals surface area contributed by atoms with E-state index >= 15 is 0 Å². The zero-order valence-corrected chi connectivity index (χ0v) is 35.3. The SMILES string of the molecule is CCCCCCc1ccc(C(OC(c2ccc(CCCCCC)cc2)c2ccc(C3CCC(CC)CC3)cc2)c2ccc(C3CCC(CC)CC3)cc2)cc1. The van der Waals surface area contributed by atoms with Crippen LogP contribution in [0.2, 0.25) is 0 Å². The van der Waals surface area contributed by atoms with Gasteiger partial charge in [0.2, 0.25) is 0 Å². The molecule has 1 heteroatoms. The number of hydrogen-bond donors (Lipinski definition) is 0. The minimum absolute atomic E-state index is 0.165. The van der Waals surface area contributed by atoms with Gasteiger partial charge in [0.1, 0.15) is 12.2 Å². The Morgan fingerprint density at radius 3 is 1.04 bits per heavy atom. The minimum Gasteiger partial charge on any atom is -0.356 e. The summed E-state index contributed by atoms with van der Waals surface area (Å²) >= 11 is 0. The van der Waals surface area contributed by atoms with Crippen LogP contribution in [0.25, 0.3) is 0 Å². The van der Waals surface area contributed by atoms with Gasteiger partial charge in [0.05, 0.1) is 0 Å². The van der Waals surface area contributed by atoms with Crippen molar-refractivity contribution in [2.75, 3.05) is 0 Å². The smallest absolute Gasteiger partial charge is 0.109 e. The molecule has 0 bridgehead atoms. The second kappa shape index (κ2) is 22.0. The number of rotatable bonds is 20.